The molecule has 0 radical (unpaired) electrons. The predicted octanol–water partition coefficient (Wildman–Crippen LogP) is 1.03. The molecule has 0 aromatic carbocycles. The molecule has 0 amide bonds. The summed E-state index contributed by atoms with van der Waals surface area (Å²) in [5.74, 6) is -0.354. The molecule has 1 aliphatic heterocycles. The van der Waals surface area contributed by atoms with E-state index in [9.17, 15) is 9.18 Å². The molecule has 0 aromatic heterocycles. The van der Waals surface area contributed by atoms with Crippen LogP contribution in [0.1, 0.15) is 27.2 Å². The largest absolute Gasteiger partial charge is 0.459 e. The van der Waals surface area contributed by atoms with Gasteiger partial charge in [0.15, 0.2) is 0 Å². The van der Waals surface area contributed by atoms with Gasteiger partial charge >= 0.3 is 5.97 Å². The molecule has 76 valence electrons. The van der Waals surface area contributed by atoms with Crippen LogP contribution in [0, 0.1) is 0 Å². The Hall–Kier alpha value is -0.640. The number of ether oxygens (including phenoxy) is 1. The zero-order valence-corrected chi connectivity index (χ0v) is 8.26. The van der Waals surface area contributed by atoms with Crippen LogP contribution in [-0.4, -0.2) is 30.3 Å². The summed E-state index contributed by atoms with van der Waals surface area (Å²) in [5.41, 5.74) is -0.493. The molecule has 0 spiro atoms. The number of nitrogens with one attached hydrogen (secondary N) is 1. The Morgan fingerprint density at radius 1 is 1.54 bits per heavy atom. The summed E-state index contributed by atoms with van der Waals surface area (Å²) in [4.78, 5) is 11.4. The first-order chi connectivity index (χ1) is 5.88. The first-order valence-corrected chi connectivity index (χ1v) is 4.49. The number of carbonyl (C=O) groups excluding carboxylic acids is 1. The van der Waals surface area contributed by atoms with Crippen molar-refractivity contribution in [2.45, 2.75) is 45.0 Å². The third-order valence-corrected chi connectivity index (χ3v) is 1.77. The second kappa shape index (κ2) is 3.62. The maximum Gasteiger partial charge on any atom is 0.323 e. The monoisotopic (exact) mass is 189 g/mol. The lowest BCUT2D eigenvalue weighted by Gasteiger charge is -2.21. The van der Waals surface area contributed by atoms with E-state index in [2.05, 4.69) is 5.32 Å². The van der Waals surface area contributed by atoms with Gasteiger partial charge in [0.25, 0.3) is 0 Å². The number of hydrogen-bond donors (Lipinski definition) is 1. The van der Waals surface area contributed by atoms with Gasteiger partial charge in [-0.3, -0.25) is 4.79 Å². The van der Waals surface area contributed by atoms with Gasteiger partial charge in [-0.05, 0) is 20.8 Å². The zero-order valence-electron chi connectivity index (χ0n) is 8.26. The van der Waals surface area contributed by atoms with E-state index in [0.717, 1.165) is 0 Å². The molecule has 1 N–H and O–H groups in total. The van der Waals surface area contributed by atoms with Crippen molar-refractivity contribution in [1.29, 1.82) is 0 Å². The summed E-state index contributed by atoms with van der Waals surface area (Å²) in [6.45, 7) is 5.65. The quantitative estimate of drug-likeness (QED) is 0.626. The number of halogens is 1. The van der Waals surface area contributed by atoms with Gasteiger partial charge in [-0.2, -0.15) is 0 Å². The van der Waals surface area contributed by atoms with E-state index in [-0.39, 0.29) is 18.9 Å². The van der Waals surface area contributed by atoms with Crippen LogP contribution in [-0.2, 0) is 9.53 Å². The molecule has 0 aliphatic carbocycles. The minimum Gasteiger partial charge on any atom is -0.459 e. The van der Waals surface area contributed by atoms with Gasteiger partial charge in [-0.25, -0.2) is 4.39 Å². The number of carbonyl (C=O) groups is 1. The van der Waals surface area contributed by atoms with Gasteiger partial charge < -0.3 is 10.1 Å². The minimum atomic E-state index is -0.919. The lowest BCUT2D eigenvalue weighted by atomic mass is 10.1. The molecule has 1 saturated heterocycles. The number of hydrogen-bond acceptors (Lipinski definition) is 3. The summed E-state index contributed by atoms with van der Waals surface area (Å²) in [6.07, 6.45) is -0.688. The topological polar surface area (TPSA) is 38.3 Å². The van der Waals surface area contributed by atoms with E-state index in [1.54, 1.807) is 20.8 Å². The third-order valence-electron chi connectivity index (χ3n) is 1.77. The van der Waals surface area contributed by atoms with E-state index in [0.29, 0.717) is 0 Å². The summed E-state index contributed by atoms with van der Waals surface area (Å²) in [5, 5.41) is 2.78. The summed E-state index contributed by atoms with van der Waals surface area (Å²) >= 11 is 0. The van der Waals surface area contributed by atoms with Crippen LogP contribution in [0.4, 0.5) is 4.39 Å². The molecule has 0 saturated carbocycles. The highest BCUT2D eigenvalue weighted by Gasteiger charge is 2.32. The van der Waals surface area contributed by atoms with Gasteiger partial charge in [-0.15, -0.1) is 0 Å². The molecule has 4 heteroatoms. The highest BCUT2D eigenvalue weighted by Crippen LogP contribution is 2.15. The second-order valence-corrected chi connectivity index (χ2v) is 4.33. The molecule has 1 aliphatic rings. The summed E-state index contributed by atoms with van der Waals surface area (Å²) in [7, 11) is 0. The standard InChI is InChI=1S/C9H16FNO2/c1-9(2,3)13-8(12)7-4-6(10)5-11-7/h6-7,11H,4-5H2,1-3H3/t6-,7+/m0/s1. The maximum atomic E-state index is 12.7. The normalized spacial score (nSPS) is 28.9. The van der Waals surface area contributed by atoms with Crippen LogP contribution in [0.15, 0.2) is 0 Å². The van der Waals surface area contributed by atoms with Crippen LogP contribution < -0.4 is 5.32 Å². The van der Waals surface area contributed by atoms with E-state index >= 15 is 0 Å². The van der Waals surface area contributed by atoms with Crippen molar-refractivity contribution in [3.63, 3.8) is 0 Å². The second-order valence-electron chi connectivity index (χ2n) is 4.33. The Labute approximate surface area is 77.6 Å². The predicted molar refractivity (Wildman–Crippen MR) is 47.1 cm³/mol. The Bertz CT molecular complexity index is 200. The van der Waals surface area contributed by atoms with Crippen LogP contribution in [0.2, 0.25) is 0 Å². The molecular weight excluding hydrogens is 173 g/mol. The van der Waals surface area contributed by atoms with E-state index in [1.807, 2.05) is 0 Å². The molecule has 1 heterocycles. The molecule has 3 nitrogen and oxygen atoms in total. The molecule has 1 fully saturated rings. The first-order valence-electron chi connectivity index (χ1n) is 4.49. The fraction of sp³-hybridized carbons (Fsp3) is 0.889. The molecule has 1 rings (SSSR count). The zero-order chi connectivity index (χ0) is 10.1. The maximum absolute atomic E-state index is 12.7. The fourth-order valence-corrected chi connectivity index (χ4v) is 1.25. The molecular formula is C9H16FNO2. The van der Waals surface area contributed by atoms with E-state index in [1.165, 1.54) is 0 Å². The van der Waals surface area contributed by atoms with Crippen molar-refractivity contribution in [3.8, 4) is 0 Å². The van der Waals surface area contributed by atoms with Crippen LogP contribution >= 0.6 is 0 Å². The Balaban J connectivity index is 2.41. The SMILES string of the molecule is CC(C)(C)OC(=O)[C@H]1C[C@H](F)CN1. The molecule has 0 bridgehead atoms. The van der Waals surface area contributed by atoms with E-state index in [4.69, 9.17) is 4.74 Å². The van der Waals surface area contributed by atoms with E-state index < -0.39 is 17.8 Å². The Morgan fingerprint density at radius 3 is 2.54 bits per heavy atom. The highest BCUT2D eigenvalue weighted by atomic mass is 19.1. The number of alkyl halides is 1. The molecule has 0 unspecified atom stereocenters. The van der Waals surface area contributed by atoms with Crippen LogP contribution in [0.25, 0.3) is 0 Å². The van der Waals surface area contributed by atoms with Crippen molar-refractivity contribution < 1.29 is 13.9 Å². The fourth-order valence-electron chi connectivity index (χ4n) is 1.25. The minimum absolute atomic E-state index is 0.231. The average molecular weight is 189 g/mol. The molecule has 13 heavy (non-hydrogen) atoms. The van der Waals surface area contributed by atoms with Gasteiger partial charge in [-0.1, -0.05) is 0 Å². The lowest BCUT2D eigenvalue weighted by molar-refractivity contribution is -0.157. The number of rotatable bonds is 1. The van der Waals surface area contributed by atoms with Gasteiger partial charge in [0.05, 0.1) is 0 Å². The summed E-state index contributed by atoms with van der Waals surface area (Å²) in [6, 6.07) is -0.464. The number of esters is 1. The molecule has 0 aromatic rings. The third kappa shape index (κ3) is 3.30. The van der Waals surface area contributed by atoms with Crippen molar-refractivity contribution >= 4 is 5.97 Å². The first kappa shape index (κ1) is 10.4. The van der Waals surface area contributed by atoms with Crippen LogP contribution in [0.5, 0.6) is 0 Å². The van der Waals surface area contributed by atoms with Gasteiger partial charge in [0.1, 0.15) is 17.8 Å². The lowest BCUT2D eigenvalue weighted by Crippen LogP contribution is -2.37. The van der Waals surface area contributed by atoms with Crippen LogP contribution in [0.3, 0.4) is 0 Å². The summed E-state index contributed by atoms with van der Waals surface area (Å²) < 4.78 is 17.8. The van der Waals surface area contributed by atoms with Crippen molar-refractivity contribution in [2.24, 2.45) is 0 Å². The van der Waals surface area contributed by atoms with Gasteiger partial charge in [0, 0.05) is 13.0 Å². The Morgan fingerprint density at radius 2 is 2.15 bits per heavy atom. The van der Waals surface area contributed by atoms with Crippen molar-refractivity contribution in [1.82, 2.24) is 5.32 Å². The Kier molecular flexibility index (Phi) is 2.91. The highest BCUT2D eigenvalue weighted by molar-refractivity contribution is 5.76. The van der Waals surface area contributed by atoms with Crippen molar-refractivity contribution in [3.05, 3.63) is 0 Å². The average Bonchev–Trinajstić information content (AvgIpc) is 2.31. The van der Waals surface area contributed by atoms with Gasteiger partial charge in [0.2, 0.25) is 0 Å². The smallest absolute Gasteiger partial charge is 0.323 e. The molecule has 2 atom stereocenters. The van der Waals surface area contributed by atoms with Crippen molar-refractivity contribution in [2.75, 3.05) is 6.54 Å².